The van der Waals surface area contributed by atoms with E-state index in [1.165, 1.54) is 4.88 Å². The molecular formula is C11H13N3OS. The summed E-state index contributed by atoms with van der Waals surface area (Å²) in [6.07, 6.45) is 0.400. The van der Waals surface area contributed by atoms with E-state index < -0.39 is 0 Å². The van der Waals surface area contributed by atoms with Crippen LogP contribution < -0.4 is 0 Å². The lowest BCUT2D eigenvalue weighted by atomic mass is 10.2. The van der Waals surface area contributed by atoms with E-state index in [9.17, 15) is 4.79 Å². The first-order valence-electron chi connectivity index (χ1n) is 5.16. The van der Waals surface area contributed by atoms with E-state index in [0.717, 1.165) is 0 Å². The highest BCUT2D eigenvalue weighted by atomic mass is 32.1. The highest BCUT2D eigenvalue weighted by molar-refractivity contribution is 7.10. The van der Waals surface area contributed by atoms with E-state index in [1.807, 2.05) is 24.6 Å². The van der Waals surface area contributed by atoms with E-state index in [-0.39, 0.29) is 12.1 Å². The van der Waals surface area contributed by atoms with Crippen molar-refractivity contribution in [3.8, 4) is 6.07 Å². The number of likely N-dealkylation sites (N-methyl/N-ethyl adjacent to an activating group) is 1. The van der Waals surface area contributed by atoms with Crippen molar-refractivity contribution in [1.82, 2.24) is 9.80 Å². The van der Waals surface area contributed by atoms with Crippen LogP contribution in [0.15, 0.2) is 17.5 Å². The molecule has 0 aliphatic carbocycles. The Morgan fingerprint density at radius 3 is 3.12 bits per heavy atom. The highest BCUT2D eigenvalue weighted by Gasteiger charge is 2.35. The molecular weight excluding hydrogens is 222 g/mol. The second kappa shape index (κ2) is 4.54. The number of nitrogens with zero attached hydrogens (tertiary/aromatic N) is 3. The van der Waals surface area contributed by atoms with Gasteiger partial charge < -0.3 is 9.80 Å². The van der Waals surface area contributed by atoms with Crippen LogP contribution in [0.5, 0.6) is 0 Å². The Morgan fingerprint density at radius 2 is 2.50 bits per heavy atom. The Bertz CT molecular complexity index is 409. The van der Waals surface area contributed by atoms with Gasteiger partial charge in [0.1, 0.15) is 0 Å². The van der Waals surface area contributed by atoms with Crippen LogP contribution in [0.1, 0.15) is 17.3 Å². The number of rotatable bonds is 3. The normalized spacial score (nSPS) is 20.2. The van der Waals surface area contributed by atoms with E-state index >= 15 is 0 Å². The molecule has 1 aliphatic heterocycles. The van der Waals surface area contributed by atoms with Crippen LogP contribution in [0.2, 0.25) is 0 Å². The van der Waals surface area contributed by atoms with E-state index in [0.29, 0.717) is 19.5 Å². The van der Waals surface area contributed by atoms with Crippen molar-refractivity contribution in [2.75, 3.05) is 20.1 Å². The molecule has 1 aliphatic rings. The van der Waals surface area contributed by atoms with Gasteiger partial charge in [-0.3, -0.25) is 0 Å². The van der Waals surface area contributed by atoms with E-state index in [4.69, 9.17) is 5.26 Å². The topological polar surface area (TPSA) is 47.3 Å². The van der Waals surface area contributed by atoms with Crippen molar-refractivity contribution in [2.24, 2.45) is 0 Å². The maximum atomic E-state index is 11.9. The predicted molar refractivity (Wildman–Crippen MR) is 62.0 cm³/mol. The fraction of sp³-hybridized carbons (Fsp3) is 0.455. The maximum absolute atomic E-state index is 11.9. The summed E-state index contributed by atoms with van der Waals surface area (Å²) in [5, 5.41) is 10.5. The third-order valence-corrected chi connectivity index (χ3v) is 3.77. The molecule has 16 heavy (non-hydrogen) atoms. The van der Waals surface area contributed by atoms with Crippen molar-refractivity contribution < 1.29 is 4.79 Å². The van der Waals surface area contributed by atoms with Crippen molar-refractivity contribution in [2.45, 2.75) is 12.5 Å². The number of carbonyl (C=O) groups excluding carboxylic acids is 1. The lowest BCUT2D eigenvalue weighted by Gasteiger charge is -2.15. The maximum Gasteiger partial charge on any atom is 0.320 e. The molecule has 1 unspecified atom stereocenters. The summed E-state index contributed by atoms with van der Waals surface area (Å²) in [6, 6.07) is 6.28. The van der Waals surface area contributed by atoms with Gasteiger partial charge in [0.05, 0.1) is 18.5 Å². The lowest BCUT2D eigenvalue weighted by Crippen LogP contribution is -2.30. The van der Waals surface area contributed by atoms with Crippen LogP contribution in [-0.4, -0.2) is 36.0 Å². The summed E-state index contributed by atoms with van der Waals surface area (Å²) in [7, 11) is 1.82. The molecule has 0 saturated carbocycles. The van der Waals surface area contributed by atoms with Crippen molar-refractivity contribution >= 4 is 17.4 Å². The van der Waals surface area contributed by atoms with Gasteiger partial charge in [-0.1, -0.05) is 6.07 Å². The van der Waals surface area contributed by atoms with Gasteiger partial charge >= 0.3 is 6.03 Å². The summed E-state index contributed by atoms with van der Waals surface area (Å²) < 4.78 is 0. The van der Waals surface area contributed by atoms with Gasteiger partial charge in [-0.15, -0.1) is 11.3 Å². The fourth-order valence-electron chi connectivity index (χ4n) is 1.90. The van der Waals surface area contributed by atoms with Gasteiger partial charge in [-0.2, -0.15) is 5.26 Å². The summed E-state index contributed by atoms with van der Waals surface area (Å²) in [6.45, 7) is 1.22. The highest BCUT2D eigenvalue weighted by Crippen LogP contribution is 2.30. The van der Waals surface area contributed by atoms with Crippen LogP contribution in [0.4, 0.5) is 4.79 Å². The van der Waals surface area contributed by atoms with Crippen LogP contribution in [0.3, 0.4) is 0 Å². The van der Waals surface area contributed by atoms with Gasteiger partial charge in [-0.05, 0) is 11.4 Å². The van der Waals surface area contributed by atoms with Crippen molar-refractivity contribution in [1.29, 1.82) is 5.26 Å². The standard InChI is InChI=1S/C11H13N3OS/c1-13-9(10-4-2-7-16-10)8-14(11(13)15)6-3-5-12/h2,4,7,9H,3,6,8H2,1H3. The Morgan fingerprint density at radius 1 is 1.69 bits per heavy atom. The van der Waals surface area contributed by atoms with Crippen LogP contribution >= 0.6 is 11.3 Å². The van der Waals surface area contributed by atoms with Crippen molar-refractivity contribution in [3.63, 3.8) is 0 Å². The van der Waals surface area contributed by atoms with Gasteiger partial charge in [0.2, 0.25) is 0 Å². The average Bonchev–Trinajstić information content (AvgIpc) is 2.88. The zero-order valence-electron chi connectivity index (χ0n) is 9.09. The number of carbonyl (C=O) groups is 1. The van der Waals surface area contributed by atoms with Crippen molar-refractivity contribution in [3.05, 3.63) is 22.4 Å². The molecule has 2 rings (SSSR count). The van der Waals surface area contributed by atoms with Crippen LogP contribution in [0.25, 0.3) is 0 Å². The largest absolute Gasteiger partial charge is 0.321 e. The van der Waals surface area contributed by atoms with Gasteiger partial charge in [0, 0.05) is 25.0 Å². The molecule has 84 valence electrons. The Hall–Kier alpha value is -1.54. The first-order chi connectivity index (χ1) is 7.74. The number of amides is 2. The molecule has 0 spiro atoms. The summed E-state index contributed by atoms with van der Waals surface area (Å²) >= 11 is 1.67. The number of nitriles is 1. The number of hydrogen-bond acceptors (Lipinski definition) is 3. The van der Waals surface area contributed by atoms with Gasteiger partial charge in [0.15, 0.2) is 0 Å². The molecule has 2 amide bonds. The molecule has 1 saturated heterocycles. The van der Waals surface area contributed by atoms with E-state index in [1.54, 1.807) is 21.1 Å². The predicted octanol–water partition coefficient (Wildman–Crippen LogP) is 2.07. The Kier molecular flexibility index (Phi) is 3.11. The molecule has 4 nitrogen and oxygen atoms in total. The number of urea groups is 1. The quantitative estimate of drug-likeness (QED) is 0.805. The first-order valence-corrected chi connectivity index (χ1v) is 6.04. The molecule has 1 atom stereocenters. The molecule has 1 fully saturated rings. The zero-order valence-corrected chi connectivity index (χ0v) is 9.91. The molecule has 1 aromatic rings. The van der Waals surface area contributed by atoms with Gasteiger partial charge in [-0.25, -0.2) is 4.79 Å². The molecule has 1 aromatic heterocycles. The fourth-order valence-corrected chi connectivity index (χ4v) is 2.76. The SMILES string of the molecule is CN1C(=O)N(CCC#N)CC1c1cccs1. The minimum Gasteiger partial charge on any atom is -0.321 e. The molecule has 0 N–H and O–H groups in total. The third-order valence-electron chi connectivity index (χ3n) is 2.80. The zero-order chi connectivity index (χ0) is 11.5. The third kappa shape index (κ3) is 1.89. The monoisotopic (exact) mass is 235 g/mol. The second-order valence-corrected chi connectivity index (χ2v) is 4.76. The molecule has 0 bridgehead atoms. The lowest BCUT2D eigenvalue weighted by molar-refractivity contribution is 0.196. The minimum atomic E-state index is 0.0219. The smallest absolute Gasteiger partial charge is 0.320 e. The second-order valence-electron chi connectivity index (χ2n) is 3.78. The molecule has 0 radical (unpaired) electrons. The minimum absolute atomic E-state index is 0.0219. The van der Waals surface area contributed by atoms with Crippen LogP contribution in [0, 0.1) is 11.3 Å². The van der Waals surface area contributed by atoms with E-state index in [2.05, 4.69) is 6.07 Å². The van der Waals surface area contributed by atoms with Gasteiger partial charge in [0.25, 0.3) is 0 Å². The van der Waals surface area contributed by atoms with Crippen LogP contribution in [-0.2, 0) is 0 Å². The number of hydrogen-bond donors (Lipinski definition) is 0. The molecule has 5 heteroatoms. The number of thiophene rings is 1. The molecule has 0 aromatic carbocycles. The summed E-state index contributed by atoms with van der Waals surface area (Å²) in [5.41, 5.74) is 0. The first kappa shape index (κ1) is 11.0. The summed E-state index contributed by atoms with van der Waals surface area (Å²) in [5.74, 6) is 0. The average molecular weight is 235 g/mol. The molecule has 2 heterocycles. The Balaban J connectivity index is 2.09. The Labute approximate surface area is 98.7 Å². The summed E-state index contributed by atoms with van der Waals surface area (Å²) in [4.78, 5) is 16.6.